The molecule has 0 radical (unpaired) electrons. The molecule has 1 aromatic carbocycles. The zero-order valence-electron chi connectivity index (χ0n) is 16.5. The maximum atomic E-state index is 14.3. The van der Waals surface area contributed by atoms with Gasteiger partial charge in [0.1, 0.15) is 23.0 Å². The van der Waals surface area contributed by atoms with E-state index in [-0.39, 0.29) is 41.9 Å². The van der Waals surface area contributed by atoms with Crippen molar-refractivity contribution in [3.05, 3.63) is 65.6 Å². The van der Waals surface area contributed by atoms with Gasteiger partial charge in [0.2, 0.25) is 11.9 Å². The number of nitrogens with zero attached hydrogens (tertiary/aromatic N) is 4. The minimum absolute atomic E-state index is 0.128. The highest BCUT2D eigenvalue weighted by molar-refractivity contribution is 5.77. The van der Waals surface area contributed by atoms with Gasteiger partial charge in [0.15, 0.2) is 0 Å². The van der Waals surface area contributed by atoms with Crippen LogP contribution in [0, 0.1) is 11.6 Å². The maximum Gasteiger partial charge on any atom is 0.243 e. The molecule has 4 N–H and O–H groups in total. The van der Waals surface area contributed by atoms with Gasteiger partial charge in [-0.05, 0) is 43.7 Å². The predicted molar refractivity (Wildman–Crippen MR) is 107 cm³/mol. The largest absolute Gasteiger partial charge is 0.351 e. The number of carbonyl (C=O) groups is 1. The van der Waals surface area contributed by atoms with E-state index < -0.39 is 17.2 Å². The van der Waals surface area contributed by atoms with E-state index >= 15 is 0 Å². The summed E-state index contributed by atoms with van der Waals surface area (Å²) in [7, 11) is 0. The number of amides is 1. The molecule has 0 saturated heterocycles. The Balaban J connectivity index is 1.79. The van der Waals surface area contributed by atoms with Gasteiger partial charge in [-0.15, -0.1) is 10.2 Å². The highest BCUT2D eigenvalue weighted by Gasteiger charge is 2.26. The number of carbonyl (C=O) groups excluding carboxylic acids is 1. The number of nitrogens with two attached hydrogens (primary N) is 1. The number of nitrogens with one attached hydrogen (secondary N) is 2. The van der Waals surface area contributed by atoms with Crippen LogP contribution in [0.15, 0.2) is 42.7 Å². The quantitative estimate of drug-likeness (QED) is 0.543. The summed E-state index contributed by atoms with van der Waals surface area (Å²) in [5.74, 6) is -1.14. The van der Waals surface area contributed by atoms with Crippen LogP contribution >= 0.6 is 0 Å². The van der Waals surface area contributed by atoms with Gasteiger partial charge in [-0.1, -0.05) is 6.07 Å². The molecular formula is C20H21F2N7O. The lowest BCUT2D eigenvalue weighted by Crippen LogP contribution is -2.31. The van der Waals surface area contributed by atoms with Crippen molar-refractivity contribution in [2.45, 2.75) is 25.9 Å². The second-order valence-electron chi connectivity index (χ2n) is 7.05. The number of rotatable bonds is 7. The first kappa shape index (κ1) is 21.2. The number of hydrogen-bond acceptors (Lipinski definition) is 7. The summed E-state index contributed by atoms with van der Waals surface area (Å²) < 4.78 is 28.3. The lowest BCUT2D eigenvalue weighted by molar-refractivity contribution is -0.119. The van der Waals surface area contributed by atoms with E-state index in [1.165, 1.54) is 30.6 Å². The lowest BCUT2D eigenvalue weighted by Gasteiger charge is -2.25. The number of benzene rings is 1. The molecule has 0 spiro atoms. The van der Waals surface area contributed by atoms with E-state index in [9.17, 15) is 13.6 Å². The normalized spacial score (nSPS) is 11.2. The monoisotopic (exact) mass is 413 g/mol. The summed E-state index contributed by atoms with van der Waals surface area (Å²) in [5, 5.41) is 13.6. The van der Waals surface area contributed by atoms with Gasteiger partial charge in [-0.25, -0.2) is 13.8 Å². The van der Waals surface area contributed by atoms with Crippen LogP contribution in [0.4, 0.5) is 14.7 Å². The van der Waals surface area contributed by atoms with Crippen molar-refractivity contribution in [3.63, 3.8) is 0 Å². The Morgan fingerprint density at radius 2 is 1.93 bits per heavy atom. The Morgan fingerprint density at radius 3 is 2.60 bits per heavy atom. The van der Waals surface area contributed by atoms with Crippen molar-refractivity contribution in [1.82, 2.24) is 25.5 Å². The molecular weight excluding hydrogens is 392 g/mol. The first-order valence-corrected chi connectivity index (χ1v) is 9.14. The molecule has 3 rings (SSSR count). The zero-order valence-corrected chi connectivity index (χ0v) is 16.5. The fourth-order valence-electron chi connectivity index (χ4n) is 2.79. The number of hydrogen-bond donors (Lipinski definition) is 3. The fraction of sp³-hybridized carbons (Fsp3) is 0.250. The van der Waals surface area contributed by atoms with Crippen molar-refractivity contribution in [1.29, 1.82) is 0 Å². The van der Waals surface area contributed by atoms with Crippen LogP contribution in [0.25, 0.3) is 11.3 Å². The van der Waals surface area contributed by atoms with E-state index in [0.717, 1.165) is 0 Å². The van der Waals surface area contributed by atoms with Crippen molar-refractivity contribution >= 4 is 11.9 Å². The summed E-state index contributed by atoms with van der Waals surface area (Å²) in [4.78, 5) is 19.5. The van der Waals surface area contributed by atoms with E-state index in [4.69, 9.17) is 5.73 Å². The van der Waals surface area contributed by atoms with Gasteiger partial charge < -0.3 is 16.4 Å². The topological polar surface area (TPSA) is 119 Å². The third kappa shape index (κ3) is 4.90. The predicted octanol–water partition coefficient (Wildman–Crippen LogP) is 2.13. The highest BCUT2D eigenvalue weighted by Crippen LogP contribution is 2.25. The lowest BCUT2D eigenvalue weighted by atomic mass is 9.99. The molecule has 30 heavy (non-hydrogen) atoms. The number of aromatic nitrogens is 4. The van der Waals surface area contributed by atoms with Gasteiger partial charge in [0.05, 0.1) is 18.3 Å². The Hall–Kier alpha value is -3.53. The van der Waals surface area contributed by atoms with Crippen LogP contribution in [-0.4, -0.2) is 32.6 Å². The Labute approximate surface area is 172 Å². The number of halogens is 2. The molecule has 0 saturated carbocycles. The minimum Gasteiger partial charge on any atom is -0.351 e. The molecule has 0 bridgehead atoms. The smallest absolute Gasteiger partial charge is 0.243 e. The van der Waals surface area contributed by atoms with E-state index in [1.54, 1.807) is 26.0 Å². The van der Waals surface area contributed by atoms with Crippen molar-refractivity contribution in [2.75, 3.05) is 11.9 Å². The second kappa shape index (κ2) is 8.87. The summed E-state index contributed by atoms with van der Waals surface area (Å²) in [6.07, 6.45) is 2.86. The highest BCUT2D eigenvalue weighted by atomic mass is 19.1. The van der Waals surface area contributed by atoms with Crippen LogP contribution in [0.3, 0.4) is 0 Å². The molecule has 0 aliphatic carbocycles. The number of pyridine rings is 1. The molecule has 156 valence electrons. The van der Waals surface area contributed by atoms with E-state index in [1.807, 2.05) is 0 Å². The summed E-state index contributed by atoms with van der Waals surface area (Å²) in [6, 6.07) is 7.21. The van der Waals surface area contributed by atoms with Crippen LogP contribution in [0.1, 0.15) is 25.1 Å². The molecule has 1 amide bonds. The van der Waals surface area contributed by atoms with Gasteiger partial charge in [-0.3, -0.25) is 9.78 Å². The molecule has 0 fully saturated rings. The molecule has 2 aromatic heterocycles. The SMILES string of the molecule is CC(C)(Nc1ncc(-c2cc(CNC(=O)CN)ccc2F)nn1)c1ncccc1F. The molecule has 10 heteroatoms. The fourth-order valence-corrected chi connectivity index (χ4v) is 2.79. The van der Waals surface area contributed by atoms with Crippen LogP contribution in [0.2, 0.25) is 0 Å². The average molecular weight is 413 g/mol. The number of anilines is 1. The zero-order chi connectivity index (χ0) is 21.7. The summed E-state index contributed by atoms with van der Waals surface area (Å²) >= 11 is 0. The van der Waals surface area contributed by atoms with Gasteiger partial charge in [-0.2, -0.15) is 0 Å². The van der Waals surface area contributed by atoms with Crippen molar-refractivity contribution < 1.29 is 13.6 Å². The Bertz CT molecular complexity index is 1040. The van der Waals surface area contributed by atoms with Crippen LogP contribution in [-0.2, 0) is 16.9 Å². The molecule has 0 aliphatic rings. The third-order valence-electron chi connectivity index (χ3n) is 4.32. The van der Waals surface area contributed by atoms with E-state index in [2.05, 4.69) is 30.8 Å². The molecule has 0 atom stereocenters. The van der Waals surface area contributed by atoms with Gasteiger partial charge in [0, 0.05) is 18.3 Å². The molecule has 0 unspecified atom stereocenters. The molecule has 2 heterocycles. The molecule has 0 aliphatic heterocycles. The van der Waals surface area contributed by atoms with Crippen LogP contribution in [0.5, 0.6) is 0 Å². The average Bonchev–Trinajstić information content (AvgIpc) is 2.73. The van der Waals surface area contributed by atoms with Crippen molar-refractivity contribution in [2.24, 2.45) is 5.73 Å². The second-order valence-corrected chi connectivity index (χ2v) is 7.05. The van der Waals surface area contributed by atoms with Crippen molar-refractivity contribution in [3.8, 4) is 11.3 Å². The molecule has 3 aromatic rings. The van der Waals surface area contributed by atoms with E-state index in [0.29, 0.717) is 5.56 Å². The third-order valence-corrected chi connectivity index (χ3v) is 4.32. The van der Waals surface area contributed by atoms with Gasteiger partial charge >= 0.3 is 0 Å². The first-order chi connectivity index (χ1) is 14.3. The maximum absolute atomic E-state index is 14.3. The van der Waals surface area contributed by atoms with Gasteiger partial charge in [0.25, 0.3) is 0 Å². The minimum atomic E-state index is -0.902. The van der Waals surface area contributed by atoms with Crippen LogP contribution < -0.4 is 16.4 Å². The Morgan fingerprint density at radius 1 is 1.13 bits per heavy atom. The summed E-state index contributed by atoms with van der Waals surface area (Å²) in [5.41, 5.74) is 5.63. The Kier molecular flexibility index (Phi) is 6.26. The first-order valence-electron chi connectivity index (χ1n) is 9.14. The summed E-state index contributed by atoms with van der Waals surface area (Å²) in [6.45, 7) is 3.53. The standard InChI is InChI=1S/C20H21F2N7O/c1-20(2,18-15(22)4-3-7-24-18)27-19-26-11-16(28-29-19)13-8-12(5-6-14(13)21)10-25-17(30)9-23/h3-8,11H,9-10,23H2,1-2H3,(H,25,30)(H,26,27,29). The molecule has 8 nitrogen and oxygen atoms in total.